The van der Waals surface area contributed by atoms with Gasteiger partial charge in [0.1, 0.15) is 35.7 Å². The van der Waals surface area contributed by atoms with Crippen molar-refractivity contribution in [2.75, 3.05) is 32.0 Å². The number of ether oxygens (including phenoxy) is 3. The van der Waals surface area contributed by atoms with Crippen LogP contribution < -0.4 is 14.8 Å². The van der Waals surface area contributed by atoms with Crippen molar-refractivity contribution in [3.63, 3.8) is 0 Å². The van der Waals surface area contributed by atoms with Crippen LogP contribution in [-0.2, 0) is 25.3 Å². The Bertz CT molecular complexity index is 1310. The van der Waals surface area contributed by atoms with E-state index in [-0.39, 0.29) is 16.6 Å². The fourth-order valence-corrected chi connectivity index (χ4v) is 5.13. The van der Waals surface area contributed by atoms with Gasteiger partial charge in [0, 0.05) is 30.4 Å². The van der Waals surface area contributed by atoms with E-state index in [2.05, 4.69) is 10.3 Å². The second kappa shape index (κ2) is 11.7. The quantitative estimate of drug-likeness (QED) is 0.341. The highest BCUT2D eigenvalue weighted by molar-refractivity contribution is 7.90. The summed E-state index contributed by atoms with van der Waals surface area (Å²) in [4.78, 5) is 17.4. The van der Waals surface area contributed by atoms with E-state index in [1.165, 1.54) is 35.6 Å². The Morgan fingerprint density at radius 2 is 1.83 bits per heavy atom. The lowest BCUT2D eigenvalue weighted by Crippen LogP contribution is -2.18. The smallest absolute Gasteiger partial charge is 0.341 e. The maximum Gasteiger partial charge on any atom is 0.341 e. The summed E-state index contributed by atoms with van der Waals surface area (Å²) in [5.74, 6) is 0.693. The molecule has 1 aromatic heterocycles. The third kappa shape index (κ3) is 8.10. The summed E-state index contributed by atoms with van der Waals surface area (Å²) in [5.41, 5.74) is 0.925. The number of anilines is 1. The summed E-state index contributed by atoms with van der Waals surface area (Å²) >= 11 is 1.25. The van der Waals surface area contributed by atoms with Gasteiger partial charge < -0.3 is 14.2 Å². The minimum Gasteiger partial charge on any atom is -0.488 e. The Morgan fingerprint density at radius 1 is 1.14 bits per heavy atom. The lowest BCUT2D eigenvalue weighted by Gasteiger charge is -2.16. The summed E-state index contributed by atoms with van der Waals surface area (Å²) in [7, 11) is -3.14. The maximum absolute atomic E-state index is 13.0. The van der Waals surface area contributed by atoms with Crippen molar-refractivity contribution < 1.29 is 32.0 Å². The Morgan fingerprint density at radius 3 is 2.46 bits per heavy atom. The van der Waals surface area contributed by atoms with E-state index in [4.69, 9.17) is 14.2 Å². The van der Waals surface area contributed by atoms with Crippen LogP contribution in [0.15, 0.2) is 52.7 Å². The first kappa shape index (κ1) is 26.7. The molecule has 35 heavy (non-hydrogen) atoms. The Balaban J connectivity index is 1.85. The van der Waals surface area contributed by atoms with Gasteiger partial charge in [-0.1, -0.05) is 4.57 Å². The Kier molecular flexibility index (Phi) is 8.96. The van der Waals surface area contributed by atoms with Crippen molar-refractivity contribution in [2.45, 2.75) is 24.1 Å². The molecule has 3 rings (SSSR count). The third-order valence-corrected chi connectivity index (χ3v) is 7.23. The molecule has 0 bridgehead atoms. The van der Waals surface area contributed by atoms with Gasteiger partial charge in [0.05, 0.1) is 11.5 Å². The molecule has 1 amide bonds. The summed E-state index contributed by atoms with van der Waals surface area (Å²) in [6.07, 6.45) is 1.19. The highest BCUT2D eigenvalue weighted by Gasteiger charge is 2.17. The molecule has 1 N–H and O–H groups in total. The minimum atomic E-state index is -3.33. The Labute approximate surface area is 209 Å². The zero-order valence-corrected chi connectivity index (χ0v) is 22.2. The summed E-state index contributed by atoms with van der Waals surface area (Å²) in [6.45, 7) is 3.80. The third-order valence-electron chi connectivity index (χ3n) is 4.53. The predicted octanol–water partition coefficient (Wildman–Crippen LogP) is 4.96. The van der Waals surface area contributed by atoms with Crippen LogP contribution in [0.5, 0.6) is 17.2 Å². The van der Waals surface area contributed by atoms with E-state index in [0.717, 1.165) is 6.26 Å². The van der Waals surface area contributed by atoms with Crippen molar-refractivity contribution in [2.24, 2.45) is 0 Å². The van der Waals surface area contributed by atoms with Crippen LogP contribution in [0.4, 0.5) is 5.13 Å². The molecule has 0 fully saturated rings. The first-order valence-electron chi connectivity index (χ1n) is 10.5. The maximum atomic E-state index is 13.0. The second-order valence-electron chi connectivity index (χ2n) is 7.81. The highest BCUT2D eigenvalue weighted by Crippen LogP contribution is 2.30. The average Bonchev–Trinajstić information content (AvgIpc) is 3.19. The second-order valence-corrected chi connectivity index (χ2v) is 12.3. The summed E-state index contributed by atoms with van der Waals surface area (Å²) in [5, 5.41) is 4.89. The SMILES string of the molecule is COC[C@H](C)Oc1cc(Oc2ccc(S(C)(=O)=O)cc2)cc(C(=O)Nc2nc(C[P+](C)=O)cs2)c1. The van der Waals surface area contributed by atoms with Crippen LogP contribution in [0.2, 0.25) is 0 Å². The number of methoxy groups -OCH3 is 1. The predicted molar refractivity (Wildman–Crippen MR) is 135 cm³/mol. The Hall–Kier alpha value is -2.85. The number of amides is 1. The average molecular weight is 538 g/mol. The van der Waals surface area contributed by atoms with Gasteiger partial charge in [-0.25, -0.2) is 13.4 Å². The monoisotopic (exact) mass is 537 g/mol. The van der Waals surface area contributed by atoms with Crippen molar-refractivity contribution in [1.29, 1.82) is 0 Å². The van der Waals surface area contributed by atoms with Gasteiger partial charge in [-0.3, -0.25) is 10.1 Å². The first-order valence-corrected chi connectivity index (χ1v) is 15.1. The fraction of sp³-hybridized carbons (Fsp3) is 0.304. The van der Waals surface area contributed by atoms with E-state index in [0.29, 0.717) is 40.8 Å². The van der Waals surface area contributed by atoms with Gasteiger partial charge in [-0.15, -0.1) is 11.3 Å². The van der Waals surface area contributed by atoms with Gasteiger partial charge in [-0.2, -0.15) is 0 Å². The normalized spacial score (nSPS) is 12.6. The van der Waals surface area contributed by atoms with Crippen LogP contribution in [0.3, 0.4) is 0 Å². The van der Waals surface area contributed by atoms with Crippen LogP contribution in [0.1, 0.15) is 23.0 Å². The minimum absolute atomic E-state index is 0.172. The number of aromatic nitrogens is 1. The van der Waals surface area contributed by atoms with Crippen molar-refractivity contribution in [1.82, 2.24) is 4.98 Å². The molecule has 9 nitrogen and oxygen atoms in total. The van der Waals surface area contributed by atoms with Crippen molar-refractivity contribution >= 4 is 40.0 Å². The van der Waals surface area contributed by atoms with Crippen molar-refractivity contribution in [3.05, 3.63) is 59.1 Å². The topological polar surface area (TPSA) is 121 Å². The molecule has 0 aliphatic carbocycles. The number of nitrogens with one attached hydrogen (secondary N) is 1. The molecule has 0 aliphatic heterocycles. The van der Waals surface area contributed by atoms with E-state index >= 15 is 0 Å². The van der Waals surface area contributed by atoms with Gasteiger partial charge in [0.15, 0.2) is 21.1 Å². The molecule has 1 heterocycles. The van der Waals surface area contributed by atoms with Crippen LogP contribution in [0.25, 0.3) is 0 Å². The molecule has 0 aliphatic rings. The molecular formula is C23H26N2O7PS2+. The molecule has 0 spiro atoms. The van der Waals surface area contributed by atoms with E-state index in [1.807, 2.05) is 6.92 Å². The fourth-order valence-electron chi connectivity index (χ4n) is 3.06. The lowest BCUT2D eigenvalue weighted by atomic mass is 10.2. The number of nitrogens with zero attached hydrogens (tertiary/aromatic N) is 1. The number of rotatable bonds is 11. The molecule has 0 radical (unpaired) electrons. The number of carbonyl (C=O) groups is 1. The van der Waals surface area contributed by atoms with Crippen LogP contribution in [-0.4, -0.2) is 52.1 Å². The molecule has 3 aromatic rings. The van der Waals surface area contributed by atoms with Crippen LogP contribution >= 0.6 is 19.1 Å². The molecular weight excluding hydrogens is 511 g/mol. The molecule has 2 atom stereocenters. The first-order chi connectivity index (χ1) is 16.5. The van der Waals surface area contributed by atoms with Gasteiger partial charge in [0.2, 0.25) is 0 Å². The zero-order valence-electron chi connectivity index (χ0n) is 19.7. The van der Waals surface area contributed by atoms with E-state index in [9.17, 15) is 17.8 Å². The number of hydrogen-bond donors (Lipinski definition) is 1. The van der Waals surface area contributed by atoms with Crippen LogP contribution in [0, 0.1) is 0 Å². The van der Waals surface area contributed by atoms with Crippen molar-refractivity contribution in [3.8, 4) is 17.2 Å². The van der Waals surface area contributed by atoms with E-state index in [1.54, 1.807) is 37.4 Å². The number of hydrogen-bond acceptors (Lipinski definition) is 9. The lowest BCUT2D eigenvalue weighted by molar-refractivity contribution is 0.0916. The van der Waals surface area contributed by atoms with Gasteiger partial charge in [0.25, 0.3) is 5.91 Å². The largest absolute Gasteiger partial charge is 0.488 e. The molecule has 0 saturated carbocycles. The summed E-state index contributed by atoms with van der Waals surface area (Å²) < 4.78 is 51.7. The number of thiazole rings is 1. The van der Waals surface area contributed by atoms with E-state index < -0.39 is 23.5 Å². The molecule has 2 aromatic carbocycles. The summed E-state index contributed by atoms with van der Waals surface area (Å²) in [6, 6.07) is 10.7. The number of sulfone groups is 1. The number of carbonyl (C=O) groups excluding carboxylic acids is 1. The molecule has 0 saturated heterocycles. The number of benzene rings is 2. The molecule has 186 valence electrons. The zero-order chi connectivity index (χ0) is 25.6. The standard InChI is InChI=1S/C23H25N2O7PS2/c1-15(12-30-2)31-19-9-16(22(26)25-23-24-17(14-34-23)13-33(3)27)10-20(11-19)32-18-5-7-21(8-6-18)35(4,28)29/h5-11,14-15H,12-13H2,1-4H3/p+1/t15-/m0/s1. The van der Waals surface area contributed by atoms with Gasteiger partial charge in [-0.05, 0) is 43.3 Å². The van der Waals surface area contributed by atoms with Gasteiger partial charge >= 0.3 is 7.80 Å². The molecule has 1 unspecified atom stereocenters. The molecule has 12 heteroatoms. The highest BCUT2D eigenvalue weighted by atomic mass is 32.2.